The molecule has 3 aromatic rings. The zero-order valence-electron chi connectivity index (χ0n) is 15.3. The van der Waals surface area contributed by atoms with Gasteiger partial charge in [0.15, 0.2) is 0 Å². The summed E-state index contributed by atoms with van der Waals surface area (Å²) in [5.74, 6) is 1.16. The number of aromatic amines is 1. The van der Waals surface area contributed by atoms with E-state index in [0.717, 1.165) is 46.5 Å². The maximum absolute atomic E-state index is 12.3. The van der Waals surface area contributed by atoms with Crippen molar-refractivity contribution in [3.05, 3.63) is 46.5 Å². The molecule has 1 atom stereocenters. The molecule has 5 heteroatoms. The van der Waals surface area contributed by atoms with Crippen LogP contribution in [0.2, 0.25) is 0 Å². The number of fused-ring (bicyclic) bond motifs is 2. The first-order chi connectivity index (χ1) is 12.6. The van der Waals surface area contributed by atoms with Gasteiger partial charge in [-0.15, -0.1) is 0 Å². The number of ether oxygens (including phenoxy) is 1. The molecule has 2 aromatic heterocycles. The van der Waals surface area contributed by atoms with E-state index in [1.54, 1.807) is 6.20 Å². The summed E-state index contributed by atoms with van der Waals surface area (Å²) in [6.45, 7) is 6.05. The van der Waals surface area contributed by atoms with Gasteiger partial charge >= 0.3 is 0 Å². The zero-order valence-corrected chi connectivity index (χ0v) is 15.3. The zero-order chi connectivity index (χ0) is 18.1. The van der Waals surface area contributed by atoms with Crippen LogP contribution in [0.1, 0.15) is 32.3 Å². The van der Waals surface area contributed by atoms with Crippen LogP contribution in [0.5, 0.6) is 5.88 Å². The summed E-state index contributed by atoms with van der Waals surface area (Å²) in [6, 6.07) is 6.36. The lowest BCUT2D eigenvalue weighted by Crippen LogP contribution is -2.28. The summed E-state index contributed by atoms with van der Waals surface area (Å²) in [5, 5.41) is 7.11. The molecule has 4 rings (SSSR count). The molecule has 136 valence electrons. The second-order valence-electron chi connectivity index (χ2n) is 7.58. The van der Waals surface area contributed by atoms with Crippen molar-refractivity contribution in [2.45, 2.75) is 39.2 Å². The van der Waals surface area contributed by atoms with Crippen molar-refractivity contribution in [3.63, 3.8) is 0 Å². The van der Waals surface area contributed by atoms with E-state index in [0.29, 0.717) is 24.4 Å². The van der Waals surface area contributed by atoms with Gasteiger partial charge in [0.1, 0.15) is 6.61 Å². The summed E-state index contributed by atoms with van der Waals surface area (Å²) < 4.78 is 6.04. The van der Waals surface area contributed by atoms with E-state index in [4.69, 9.17) is 4.74 Å². The molecule has 26 heavy (non-hydrogen) atoms. The molecule has 1 aliphatic heterocycles. The molecule has 0 saturated carbocycles. The van der Waals surface area contributed by atoms with Crippen molar-refractivity contribution in [1.82, 2.24) is 15.3 Å². The van der Waals surface area contributed by atoms with Crippen LogP contribution in [-0.4, -0.2) is 29.2 Å². The van der Waals surface area contributed by atoms with Gasteiger partial charge < -0.3 is 15.0 Å². The molecule has 3 heterocycles. The van der Waals surface area contributed by atoms with Crippen LogP contribution in [-0.2, 0) is 6.42 Å². The van der Waals surface area contributed by atoms with Crippen molar-refractivity contribution < 1.29 is 4.74 Å². The normalized spacial score (nSPS) is 17.4. The number of hydrogen-bond donors (Lipinski definition) is 2. The lowest BCUT2D eigenvalue weighted by Gasteiger charge is -2.14. The average molecular weight is 351 g/mol. The molecule has 0 spiro atoms. The van der Waals surface area contributed by atoms with Gasteiger partial charge in [-0.25, -0.2) is 4.98 Å². The van der Waals surface area contributed by atoms with Crippen molar-refractivity contribution in [2.75, 3.05) is 13.2 Å². The second kappa shape index (κ2) is 7.08. The first-order valence-corrected chi connectivity index (χ1v) is 9.41. The Morgan fingerprint density at radius 1 is 1.27 bits per heavy atom. The molecule has 0 bridgehead atoms. The van der Waals surface area contributed by atoms with Crippen LogP contribution >= 0.6 is 0 Å². The van der Waals surface area contributed by atoms with Gasteiger partial charge in [-0.05, 0) is 66.3 Å². The topological polar surface area (TPSA) is 67.0 Å². The molecule has 1 fully saturated rings. The summed E-state index contributed by atoms with van der Waals surface area (Å²) in [6.07, 6.45) is 6.85. The molecular formula is C21H25N3O2. The minimum Gasteiger partial charge on any atom is -0.476 e. The van der Waals surface area contributed by atoms with Crippen molar-refractivity contribution in [1.29, 1.82) is 0 Å². The largest absolute Gasteiger partial charge is 0.476 e. The fourth-order valence-electron chi connectivity index (χ4n) is 3.76. The Bertz CT molecular complexity index is 988. The summed E-state index contributed by atoms with van der Waals surface area (Å²) in [4.78, 5) is 19.7. The second-order valence-corrected chi connectivity index (χ2v) is 7.58. The third-order valence-corrected chi connectivity index (χ3v) is 5.05. The van der Waals surface area contributed by atoms with Crippen LogP contribution in [0.4, 0.5) is 0 Å². The van der Waals surface area contributed by atoms with E-state index < -0.39 is 0 Å². The van der Waals surface area contributed by atoms with E-state index in [9.17, 15) is 4.79 Å². The highest BCUT2D eigenvalue weighted by atomic mass is 16.5. The molecule has 1 aliphatic rings. The standard InChI is InChI=1S/C21H25N3O2/c1-13(2)8-15-11-24-20(25)19-9-14-5-7-23-21(18(14)10-17(15)19)26-12-16-4-3-6-22-16/h5,7,9-11,13,16,22H,3-4,6,8,12H2,1-2H3,(H,24,25)/t16-/m0/s1. The Balaban J connectivity index is 1.80. The Morgan fingerprint density at radius 2 is 2.15 bits per heavy atom. The number of hydrogen-bond acceptors (Lipinski definition) is 4. The number of nitrogens with zero attached hydrogens (tertiary/aromatic N) is 1. The molecule has 1 saturated heterocycles. The molecule has 1 aromatic carbocycles. The van der Waals surface area contributed by atoms with Crippen LogP contribution in [0.3, 0.4) is 0 Å². The smallest absolute Gasteiger partial charge is 0.255 e. The van der Waals surface area contributed by atoms with Crippen LogP contribution in [0.15, 0.2) is 35.4 Å². The third kappa shape index (κ3) is 3.31. The molecule has 0 amide bonds. The Hall–Kier alpha value is -2.40. The van der Waals surface area contributed by atoms with Gasteiger partial charge in [0, 0.05) is 29.2 Å². The number of benzene rings is 1. The van der Waals surface area contributed by atoms with Gasteiger partial charge in [-0.1, -0.05) is 13.8 Å². The molecular weight excluding hydrogens is 326 g/mol. The van der Waals surface area contributed by atoms with Crippen molar-refractivity contribution in [3.8, 4) is 5.88 Å². The van der Waals surface area contributed by atoms with Gasteiger partial charge in [-0.2, -0.15) is 0 Å². The lowest BCUT2D eigenvalue weighted by atomic mass is 9.97. The molecule has 0 aliphatic carbocycles. The number of pyridine rings is 2. The van der Waals surface area contributed by atoms with Gasteiger partial charge in [0.25, 0.3) is 5.56 Å². The van der Waals surface area contributed by atoms with Gasteiger partial charge in [-0.3, -0.25) is 4.79 Å². The molecule has 0 unspecified atom stereocenters. The Labute approximate surface area is 152 Å². The van der Waals surface area contributed by atoms with Crippen LogP contribution in [0, 0.1) is 5.92 Å². The summed E-state index contributed by atoms with van der Waals surface area (Å²) in [5.41, 5.74) is 1.10. The van der Waals surface area contributed by atoms with E-state index >= 15 is 0 Å². The lowest BCUT2D eigenvalue weighted by molar-refractivity contribution is 0.271. The monoisotopic (exact) mass is 351 g/mol. The number of rotatable bonds is 5. The number of nitrogens with one attached hydrogen (secondary N) is 2. The van der Waals surface area contributed by atoms with Crippen molar-refractivity contribution >= 4 is 21.5 Å². The average Bonchev–Trinajstić information content (AvgIpc) is 3.14. The van der Waals surface area contributed by atoms with E-state index in [1.165, 1.54) is 6.42 Å². The van der Waals surface area contributed by atoms with Gasteiger partial charge in [0.05, 0.1) is 0 Å². The van der Waals surface area contributed by atoms with Crippen LogP contribution < -0.4 is 15.6 Å². The molecule has 0 radical (unpaired) electrons. The SMILES string of the molecule is CC(C)Cc1c[nH]c(=O)c2cc3ccnc(OC[C@@H]4CCCN4)c3cc12. The molecule has 5 nitrogen and oxygen atoms in total. The van der Waals surface area contributed by atoms with Gasteiger partial charge in [0.2, 0.25) is 5.88 Å². The number of aromatic nitrogens is 2. The predicted molar refractivity (Wildman–Crippen MR) is 105 cm³/mol. The maximum Gasteiger partial charge on any atom is 0.255 e. The highest BCUT2D eigenvalue weighted by Gasteiger charge is 2.16. The van der Waals surface area contributed by atoms with E-state index in [-0.39, 0.29) is 5.56 Å². The van der Waals surface area contributed by atoms with E-state index in [1.807, 2.05) is 18.3 Å². The first-order valence-electron chi connectivity index (χ1n) is 9.41. The maximum atomic E-state index is 12.3. The van der Waals surface area contributed by atoms with Crippen LogP contribution in [0.25, 0.3) is 21.5 Å². The fraction of sp³-hybridized carbons (Fsp3) is 0.429. The predicted octanol–water partition coefficient (Wildman–Crippen LogP) is 3.41. The first kappa shape index (κ1) is 17.0. The number of H-pyrrole nitrogens is 1. The quantitative estimate of drug-likeness (QED) is 0.691. The fourth-order valence-corrected chi connectivity index (χ4v) is 3.76. The molecule has 2 N–H and O–H groups in total. The third-order valence-electron chi connectivity index (χ3n) is 5.05. The minimum absolute atomic E-state index is 0.0520. The summed E-state index contributed by atoms with van der Waals surface area (Å²) in [7, 11) is 0. The highest BCUT2D eigenvalue weighted by molar-refractivity contribution is 6.01. The Morgan fingerprint density at radius 3 is 2.92 bits per heavy atom. The summed E-state index contributed by atoms with van der Waals surface area (Å²) >= 11 is 0. The minimum atomic E-state index is -0.0520. The Kier molecular flexibility index (Phi) is 4.64. The van der Waals surface area contributed by atoms with E-state index in [2.05, 4.69) is 35.2 Å². The van der Waals surface area contributed by atoms with Crippen molar-refractivity contribution in [2.24, 2.45) is 5.92 Å². The highest BCUT2D eigenvalue weighted by Crippen LogP contribution is 2.29.